The number of nitro benzene ring substituents is 1. The number of thiophene rings is 1. The molecule has 0 saturated carbocycles. The maximum Gasteiger partial charge on any atom is 0.349 e. The molecule has 1 amide bonds. The molecule has 146 valence electrons. The van der Waals surface area contributed by atoms with Crippen LogP contribution in [0.25, 0.3) is 10.1 Å². The van der Waals surface area contributed by atoms with Crippen LogP contribution in [0.3, 0.4) is 0 Å². The minimum atomic E-state index is -1.03. The SMILES string of the molecule is CC(C)n1nccc1NC(=O)[C@@H](C)OC(=O)c1cc2cc([N+](=O)[O-])ccc2s1. The number of aromatic nitrogens is 2. The first-order valence-corrected chi connectivity index (χ1v) is 9.31. The van der Waals surface area contributed by atoms with Gasteiger partial charge in [0.15, 0.2) is 6.10 Å². The Morgan fingerprint density at radius 1 is 1.25 bits per heavy atom. The number of hydrogen-bond acceptors (Lipinski definition) is 7. The van der Waals surface area contributed by atoms with Crippen molar-refractivity contribution in [2.24, 2.45) is 0 Å². The lowest BCUT2D eigenvalue weighted by atomic mass is 10.2. The number of ether oxygens (including phenoxy) is 1. The molecular formula is C18H18N4O5S. The Balaban J connectivity index is 1.69. The van der Waals surface area contributed by atoms with Crippen LogP contribution < -0.4 is 5.32 Å². The summed E-state index contributed by atoms with van der Waals surface area (Å²) in [7, 11) is 0. The fourth-order valence-corrected chi connectivity index (χ4v) is 3.50. The lowest BCUT2D eigenvalue weighted by molar-refractivity contribution is -0.384. The molecule has 0 aliphatic heterocycles. The highest BCUT2D eigenvalue weighted by Gasteiger charge is 2.22. The maximum absolute atomic E-state index is 12.4. The zero-order valence-corrected chi connectivity index (χ0v) is 16.2. The van der Waals surface area contributed by atoms with Gasteiger partial charge in [0, 0.05) is 34.3 Å². The number of benzene rings is 1. The first kappa shape index (κ1) is 19.5. The van der Waals surface area contributed by atoms with Gasteiger partial charge in [0.25, 0.3) is 11.6 Å². The first-order valence-electron chi connectivity index (χ1n) is 8.49. The van der Waals surface area contributed by atoms with Crippen LogP contribution in [-0.4, -0.2) is 32.7 Å². The fraction of sp³-hybridized carbons (Fsp3) is 0.278. The number of hydrogen-bond donors (Lipinski definition) is 1. The van der Waals surface area contributed by atoms with E-state index in [0.29, 0.717) is 11.2 Å². The van der Waals surface area contributed by atoms with Crippen molar-refractivity contribution >= 4 is 44.8 Å². The van der Waals surface area contributed by atoms with E-state index in [0.717, 1.165) is 16.0 Å². The molecule has 0 aliphatic rings. The van der Waals surface area contributed by atoms with Crippen molar-refractivity contribution in [1.82, 2.24) is 9.78 Å². The second-order valence-corrected chi connectivity index (χ2v) is 7.47. The zero-order chi connectivity index (χ0) is 20.4. The quantitative estimate of drug-likeness (QED) is 0.381. The number of carbonyl (C=O) groups excluding carboxylic acids is 2. The Kier molecular flexibility index (Phi) is 5.41. The van der Waals surface area contributed by atoms with Crippen molar-refractivity contribution in [3.8, 4) is 0 Å². The van der Waals surface area contributed by atoms with Crippen LogP contribution in [0.15, 0.2) is 36.5 Å². The average Bonchev–Trinajstić information content (AvgIpc) is 3.27. The van der Waals surface area contributed by atoms with E-state index in [9.17, 15) is 19.7 Å². The predicted molar refractivity (Wildman–Crippen MR) is 105 cm³/mol. The molecule has 0 radical (unpaired) electrons. The molecule has 1 atom stereocenters. The summed E-state index contributed by atoms with van der Waals surface area (Å²) in [5, 5.41) is 18.3. The van der Waals surface area contributed by atoms with E-state index in [1.54, 1.807) is 23.0 Å². The fourth-order valence-electron chi connectivity index (χ4n) is 2.57. The minimum Gasteiger partial charge on any atom is -0.448 e. The summed E-state index contributed by atoms with van der Waals surface area (Å²) < 4.78 is 7.61. The standard InChI is InChI=1S/C18H18N4O5S/c1-10(2)21-16(6-7-19-21)20-17(23)11(3)27-18(24)15-9-12-8-13(22(25)26)4-5-14(12)28-15/h4-11H,1-3H3,(H,20,23)/t11-/m1/s1. The molecule has 2 heterocycles. The number of esters is 1. The number of nitrogens with one attached hydrogen (secondary N) is 1. The Bertz CT molecular complexity index is 1060. The van der Waals surface area contributed by atoms with Gasteiger partial charge in [-0.1, -0.05) is 0 Å². The highest BCUT2D eigenvalue weighted by Crippen LogP contribution is 2.29. The normalized spacial score (nSPS) is 12.1. The second kappa shape index (κ2) is 7.77. The number of anilines is 1. The number of amides is 1. The van der Waals surface area contributed by atoms with Crippen LogP contribution in [0.5, 0.6) is 0 Å². The van der Waals surface area contributed by atoms with Gasteiger partial charge in [-0.05, 0) is 32.9 Å². The van der Waals surface area contributed by atoms with Gasteiger partial charge in [-0.3, -0.25) is 14.9 Å². The van der Waals surface area contributed by atoms with Gasteiger partial charge < -0.3 is 10.1 Å². The van der Waals surface area contributed by atoms with Crippen LogP contribution in [0.4, 0.5) is 11.5 Å². The second-order valence-electron chi connectivity index (χ2n) is 6.38. The van der Waals surface area contributed by atoms with Gasteiger partial charge in [-0.25, -0.2) is 9.48 Å². The number of fused-ring (bicyclic) bond motifs is 1. The summed E-state index contributed by atoms with van der Waals surface area (Å²) in [6.45, 7) is 5.33. The van der Waals surface area contributed by atoms with Crippen LogP contribution in [0.1, 0.15) is 36.5 Å². The highest BCUT2D eigenvalue weighted by atomic mass is 32.1. The largest absolute Gasteiger partial charge is 0.448 e. The van der Waals surface area contributed by atoms with E-state index >= 15 is 0 Å². The molecule has 3 rings (SSSR count). The van der Waals surface area contributed by atoms with E-state index < -0.39 is 22.9 Å². The summed E-state index contributed by atoms with van der Waals surface area (Å²) in [6.07, 6.45) is 0.547. The molecule has 0 bridgehead atoms. The van der Waals surface area contributed by atoms with Crippen molar-refractivity contribution in [3.63, 3.8) is 0 Å². The Labute approximate surface area is 164 Å². The molecule has 28 heavy (non-hydrogen) atoms. The predicted octanol–water partition coefficient (Wildman–Crippen LogP) is 3.77. The van der Waals surface area contributed by atoms with Crippen LogP contribution in [-0.2, 0) is 9.53 Å². The molecule has 0 fully saturated rings. The van der Waals surface area contributed by atoms with E-state index in [-0.39, 0.29) is 16.6 Å². The lowest BCUT2D eigenvalue weighted by Crippen LogP contribution is -2.30. The van der Waals surface area contributed by atoms with E-state index in [1.807, 2.05) is 13.8 Å². The van der Waals surface area contributed by atoms with Crippen LogP contribution in [0.2, 0.25) is 0 Å². The Morgan fingerprint density at radius 2 is 2.00 bits per heavy atom. The maximum atomic E-state index is 12.4. The molecule has 0 spiro atoms. The monoisotopic (exact) mass is 402 g/mol. The smallest absolute Gasteiger partial charge is 0.349 e. The van der Waals surface area contributed by atoms with Gasteiger partial charge in [0.2, 0.25) is 0 Å². The van der Waals surface area contributed by atoms with Crippen LogP contribution in [0, 0.1) is 10.1 Å². The zero-order valence-electron chi connectivity index (χ0n) is 15.4. The van der Waals surface area contributed by atoms with E-state index in [2.05, 4.69) is 10.4 Å². The van der Waals surface area contributed by atoms with Crippen molar-refractivity contribution in [3.05, 3.63) is 51.5 Å². The molecule has 0 aliphatic carbocycles. The van der Waals surface area contributed by atoms with E-state index in [4.69, 9.17) is 4.74 Å². The summed E-state index contributed by atoms with van der Waals surface area (Å²) >= 11 is 1.15. The third-order valence-electron chi connectivity index (χ3n) is 3.98. The van der Waals surface area contributed by atoms with Gasteiger partial charge in [0.05, 0.1) is 11.1 Å². The van der Waals surface area contributed by atoms with Crippen molar-refractivity contribution in [2.45, 2.75) is 32.9 Å². The molecule has 1 aromatic carbocycles. The molecule has 10 heteroatoms. The summed E-state index contributed by atoms with van der Waals surface area (Å²) in [4.78, 5) is 35.4. The number of non-ortho nitro benzene ring substituents is 1. The van der Waals surface area contributed by atoms with Gasteiger partial charge in [-0.15, -0.1) is 11.3 Å². The number of carbonyl (C=O) groups is 2. The lowest BCUT2D eigenvalue weighted by Gasteiger charge is -2.15. The van der Waals surface area contributed by atoms with Crippen LogP contribution >= 0.6 is 11.3 Å². The van der Waals surface area contributed by atoms with Crippen molar-refractivity contribution in [1.29, 1.82) is 0 Å². The molecular weight excluding hydrogens is 384 g/mol. The molecule has 2 aromatic heterocycles. The Morgan fingerprint density at radius 3 is 2.68 bits per heavy atom. The summed E-state index contributed by atoms with van der Waals surface area (Å²) in [5.41, 5.74) is -0.0558. The van der Waals surface area contributed by atoms with Gasteiger partial charge in [-0.2, -0.15) is 5.10 Å². The number of nitrogens with zero attached hydrogens (tertiary/aromatic N) is 3. The minimum absolute atomic E-state index is 0.0558. The first-order chi connectivity index (χ1) is 13.3. The molecule has 1 N–H and O–H groups in total. The molecule has 0 unspecified atom stereocenters. The third-order valence-corrected chi connectivity index (χ3v) is 5.07. The highest BCUT2D eigenvalue weighted by molar-refractivity contribution is 7.20. The molecule has 9 nitrogen and oxygen atoms in total. The van der Waals surface area contributed by atoms with Gasteiger partial charge in [0.1, 0.15) is 10.7 Å². The Hall–Kier alpha value is -3.27. The topological polar surface area (TPSA) is 116 Å². The van der Waals surface area contributed by atoms with Gasteiger partial charge >= 0.3 is 5.97 Å². The summed E-state index contributed by atoms with van der Waals surface area (Å²) in [6, 6.07) is 7.59. The van der Waals surface area contributed by atoms with Crippen molar-refractivity contribution < 1.29 is 19.2 Å². The van der Waals surface area contributed by atoms with E-state index in [1.165, 1.54) is 25.1 Å². The number of nitro groups is 1. The number of rotatable bonds is 6. The third kappa shape index (κ3) is 4.01. The average molecular weight is 402 g/mol. The molecule has 3 aromatic rings. The molecule has 0 saturated heterocycles. The summed E-state index contributed by atoms with van der Waals surface area (Å²) in [5.74, 6) is -0.631. The van der Waals surface area contributed by atoms with Crippen molar-refractivity contribution in [2.75, 3.05) is 5.32 Å².